The summed E-state index contributed by atoms with van der Waals surface area (Å²) in [7, 11) is 0. The molecule has 0 aliphatic carbocycles. The second kappa shape index (κ2) is 5.89. The molecular weight excluding hydrogens is 340 g/mol. The molecule has 0 spiro atoms. The normalized spacial score (nSPS) is 16.1. The molecule has 2 aromatic heterocycles. The first-order chi connectivity index (χ1) is 11.6. The molecule has 4 nitrogen and oxygen atoms in total. The van der Waals surface area contributed by atoms with Gasteiger partial charge in [-0.1, -0.05) is 6.07 Å². The Labute approximate surface area is 146 Å². The average Bonchev–Trinajstić information content (AvgIpc) is 3.12. The molecule has 1 fully saturated rings. The van der Waals surface area contributed by atoms with Gasteiger partial charge in [-0.25, -0.2) is 0 Å². The number of hydrogen-bond acceptors (Lipinski definition) is 5. The van der Waals surface area contributed by atoms with Crippen molar-refractivity contribution in [2.75, 3.05) is 0 Å². The second-order valence-corrected chi connectivity index (χ2v) is 7.35. The van der Waals surface area contributed by atoms with Gasteiger partial charge in [0.25, 0.3) is 11.1 Å². The number of aryl methyl sites for hydroxylation is 1. The first-order valence-corrected chi connectivity index (χ1v) is 8.99. The van der Waals surface area contributed by atoms with Gasteiger partial charge in [0.05, 0.1) is 10.4 Å². The highest BCUT2D eigenvalue weighted by Crippen LogP contribution is 2.35. The van der Waals surface area contributed by atoms with E-state index in [2.05, 4.69) is 28.7 Å². The topological polar surface area (TPSA) is 59.1 Å². The highest BCUT2D eigenvalue weighted by Gasteiger charge is 2.24. The summed E-state index contributed by atoms with van der Waals surface area (Å²) >= 11 is 2.63. The smallest absolute Gasteiger partial charge is 0.282 e. The maximum Gasteiger partial charge on any atom is 0.290 e. The number of rotatable bonds is 2. The van der Waals surface area contributed by atoms with Crippen molar-refractivity contribution in [1.82, 2.24) is 10.3 Å². The van der Waals surface area contributed by atoms with Crippen molar-refractivity contribution in [2.24, 2.45) is 0 Å². The molecule has 0 atom stereocenters. The summed E-state index contributed by atoms with van der Waals surface area (Å²) in [5.74, 6) is -0.342. The molecule has 24 heavy (non-hydrogen) atoms. The van der Waals surface area contributed by atoms with Gasteiger partial charge in [0.2, 0.25) is 0 Å². The summed E-state index contributed by atoms with van der Waals surface area (Å²) in [5.41, 5.74) is 4.14. The number of thiophene rings is 1. The lowest BCUT2D eigenvalue weighted by Gasteiger charge is -2.07. The number of carbonyl (C=O) groups is 2. The van der Waals surface area contributed by atoms with Gasteiger partial charge in [0.1, 0.15) is 0 Å². The van der Waals surface area contributed by atoms with E-state index < -0.39 is 0 Å². The summed E-state index contributed by atoms with van der Waals surface area (Å²) in [6.07, 6.45) is 3.55. The van der Waals surface area contributed by atoms with Crippen LogP contribution in [0.5, 0.6) is 0 Å². The number of amides is 2. The monoisotopic (exact) mass is 352 g/mol. The molecule has 0 bridgehead atoms. The van der Waals surface area contributed by atoms with Gasteiger partial charge >= 0.3 is 0 Å². The number of aromatic nitrogens is 1. The van der Waals surface area contributed by atoms with E-state index >= 15 is 0 Å². The largest absolute Gasteiger partial charge is 0.290 e. The first-order valence-electron chi connectivity index (χ1n) is 7.30. The molecule has 0 unspecified atom stereocenters. The van der Waals surface area contributed by atoms with Gasteiger partial charge in [-0.15, -0.1) is 11.3 Å². The second-order valence-electron chi connectivity index (χ2n) is 5.42. The van der Waals surface area contributed by atoms with Crippen molar-refractivity contribution in [3.63, 3.8) is 0 Å². The van der Waals surface area contributed by atoms with Crippen LogP contribution in [-0.2, 0) is 4.79 Å². The zero-order valence-corrected chi connectivity index (χ0v) is 14.3. The van der Waals surface area contributed by atoms with E-state index in [0.717, 1.165) is 33.8 Å². The van der Waals surface area contributed by atoms with Crippen LogP contribution in [0.3, 0.4) is 0 Å². The minimum absolute atomic E-state index is 0.330. The fourth-order valence-electron chi connectivity index (χ4n) is 2.67. The number of hydrogen-bond donors (Lipinski definition) is 1. The number of pyridine rings is 1. The molecule has 1 N–H and O–H groups in total. The van der Waals surface area contributed by atoms with Crippen molar-refractivity contribution in [3.8, 4) is 10.4 Å². The van der Waals surface area contributed by atoms with Crippen molar-refractivity contribution < 1.29 is 9.59 Å². The highest BCUT2D eigenvalue weighted by atomic mass is 32.2. The minimum Gasteiger partial charge on any atom is -0.282 e. The molecule has 4 rings (SSSR count). The predicted molar refractivity (Wildman–Crippen MR) is 98.9 cm³/mol. The van der Waals surface area contributed by atoms with Gasteiger partial charge in [-0.2, -0.15) is 0 Å². The highest BCUT2D eigenvalue weighted by molar-refractivity contribution is 8.18. The molecule has 3 aromatic rings. The van der Waals surface area contributed by atoms with Crippen LogP contribution >= 0.6 is 23.1 Å². The van der Waals surface area contributed by atoms with Crippen LogP contribution in [0.1, 0.15) is 11.1 Å². The van der Waals surface area contributed by atoms with Crippen molar-refractivity contribution in [3.05, 3.63) is 57.9 Å². The van der Waals surface area contributed by atoms with E-state index in [4.69, 9.17) is 0 Å². The summed E-state index contributed by atoms with van der Waals surface area (Å²) in [5, 5.41) is 5.05. The fourth-order valence-corrected chi connectivity index (χ4v) is 4.32. The average molecular weight is 352 g/mol. The maximum atomic E-state index is 11.7. The Hall–Kier alpha value is -2.44. The molecule has 1 aromatic carbocycles. The third-order valence-electron chi connectivity index (χ3n) is 3.81. The van der Waals surface area contributed by atoms with Crippen LogP contribution in [0.4, 0.5) is 4.79 Å². The Morgan fingerprint density at radius 3 is 2.75 bits per heavy atom. The molecule has 1 aliphatic rings. The zero-order valence-electron chi connectivity index (χ0n) is 12.7. The Bertz CT molecular complexity index is 1020. The predicted octanol–water partition coefficient (Wildman–Crippen LogP) is 4.60. The SMILES string of the molecule is Cc1ccsc1-c1ccnc2ccc(C=C3SC(=O)NC3=O)cc12. The van der Waals surface area contributed by atoms with E-state index in [1.54, 1.807) is 17.4 Å². The lowest BCUT2D eigenvalue weighted by Crippen LogP contribution is -2.17. The number of imide groups is 1. The molecule has 118 valence electrons. The molecule has 2 amide bonds. The van der Waals surface area contributed by atoms with Gasteiger partial charge in [-0.3, -0.25) is 19.9 Å². The summed E-state index contributed by atoms with van der Waals surface area (Å²) in [6, 6.07) is 9.97. The van der Waals surface area contributed by atoms with Crippen LogP contribution in [0.15, 0.2) is 46.8 Å². The van der Waals surface area contributed by atoms with Crippen LogP contribution in [0.2, 0.25) is 0 Å². The van der Waals surface area contributed by atoms with Gasteiger partial charge < -0.3 is 0 Å². The number of benzene rings is 1. The molecule has 3 heterocycles. The number of nitrogens with zero attached hydrogens (tertiary/aromatic N) is 1. The van der Waals surface area contributed by atoms with Crippen LogP contribution in [0.25, 0.3) is 27.4 Å². The number of fused-ring (bicyclic) bond motifs is 1. The van der Waals surface area contributed by atoms with E-state index in [1.165, 1.54) is 10.4 Å². The third-order valence-corrected chi connectivity index (χ3v) is 5.67. The molecule has 1 aliphatic heterocycles. The Kier molecular flexibility index (Phi) is 3.70. The van der Waals surface area contributed by atoms with Gasteiger partial charge in [-0.05, 0) is 65.5 Å². The lowest BCUT2D eigenvalue weighted by atomic mass is 10.0. The van der Waals surface area contributed by atoms with Crippen molar-refractivity contribution in [1.29, 1.82) is 0 Å². The number of carbonyl (C=O) groups excluding carboxylic acids is 2. The van der Waals surface area contributed by atoms with Crippen molar-refractivity contribution in [2.45, 2.75) is 6.92 Å². The molecule has 0 saturated carbocycles. The van der Waals surface area contributed by atoms with Crippen LogP contribution in [-0.4, -0.2) is 16.1 Å². The molecular formula is C18H12N2O2S2. The third kappa shape index (κ3) is 2.64. The zero-order chi connectivity index (χ0) is 16.7. The molecule has 0 radical (unpaired) electrons. The van der Waals surface area contributed by atoms with Crippen LogP contribution < -0.4 is 5.32 Å². The summed E-state index contributed by atoms with van der Waals surface area (Å²) < 4.78 is 0. The van der Waals surface area contributed by atoms with E-state index in [9.17, 15) is 9.59 Å². The fraction of sp³-hybridized carbons (Fsp3) is 0.0556. The lowest BCUT2D eigenvalue weighted by molar-refractivity contribution is -0.115. The standard InChI is InChI=1S/C18H12N2O2S2/c1-10-5-7-23-16(10)12-4-6-19-14-3-2-11(8-13(12)14)9-15-17(21)20-18(22)24-15/h2-9H,1H3,(H,20,21,22). The Morgan fingerprint density at radius 2 is 2.04 bits per heavy atom. The quantitative estimate of drug-likeness (QED) is 0.685. The molecule has 1 saturated heterocycles. The van der Waals surface area contributed by atoms with E-state index in [0.29, 0.717) is 4.91 Å². The van der Waals surface area contributed by atoms with Gasteiger partial charge in [0, 0.05) is 22.0 Å². The molecule has 6 heteroatoms. The van der Waals surface area contributed by atoms with E-state index in [-0.39, 0.29) is 11.1 Å². The first kappa shape index (κ1) is 15.1. The summed E-state index contributed by atoms with van der Waals surface area (Å²) in [6.45, 7) is 2.09. The minimum atomic E-state index is -0.342. The van der Waals surface area contributed by atoms with Crippen LogP contribution in [0, 0.1) is 6.92 Å². The Morgan fingerprint density at radius 1 is 1.17 bits per heavy atom. The Balaban J connectivity index is 1.86. The summed E-state index contributed by atoms with van der Waals surface area (Å²) in [4.78, 5) is 29.1. The number of nitrogens with one attached hydrogen (secondary N) is 1. The maximum absolute atomic E-state index is 11.7. The number of thioether (sulfide) groups is 1. The van der Waals surface area contributed by atoms with E-state index in [1.807, 2.05) is 30.5 Å². The van der Waals surface area contributed by atoms with Crippen molar-refractivity contribution >= 4 is 51.2 Å². The van der Waals surface area contributed by atoms with Gasteiger partial charge in [0.15, 0.2) is 0 Å².